The second kappa shape index (κ2) is 11.3. The smallest absolute Gasteiger partial charge is 0.243 e. The van der Waals surface area contributed by atoms with E-state index in [0.29, 0.717) is 19.6 Å². The van der Waals surface area contributed by atoms with Crippen LogP contribution in [-0.4, -0.2) is 88.4 Å². The Kier molecular flexibility index (Phi) is 8.34. The summed E-state index contributed by atoms with van der Waals surface area (Å²) >= 11 is 0. The topological polar surface area (TPSA) is 73.4 Å². The van der Waals surface area contributed by atoms with Crippen LogP contribution in [0, 0.1) is 0 Å². The molecule has 2 heterocycles. The molecule has 0 aliphatic carbocycles. The lowest BCUT2D eigenvalue weighted by molar-refractivity contribution is -0.145. The van der Waals surface area contributed by atoms with Crippen LogP contribution in [0.25, 0.3) is 0 Å². The molecule has 0 N–H and O–H groups in total. The van der Waals surface area contributed by atoms with Crippen molar-refractivity contribution in [2.24, 2.45) is 0 Å². The molecule has 1 amide bonds. The molecule has 0 saturated carbocycles. The summed E-state index contributed by atoms with van der Waals surface area (Å²) in [6.45, 7) is 8.98. The van der Waals surface area contributed by atoms with Crippen molar-refractivity contribution in [3.8, 4) is 0 Å². The second-order valence-corrected chi connectivity index (χ2v) is 11.4. The number of likely N-dealkylation sites (N-methyl/N-ethyl adjacent to an activating group) is 1. The van der Waals surface area contributed by atoms with Gasteiger partial charge in [0.25, 0.3) is 0 Å². The van der Waals surface area contributed by atoms with Gasteiger partial charge in [0.2, 0.25) is 15.9 Å². The van der Waals surface area contributed by atoms with Crippen LogP contribution < -0.4 is 4.90 Å². The van der Waals surface area contributed by atoms with Gasteiger partial charge in [0.15, 0.2) is 6.23 Å². The third kappa shape index (κ3) is 5.29. The van der Waals surface area contributed by atoms with E-state index in [1.54, 1.807) is 31.4 Å². The largest absolute Gasteiger partial charge is 0.369 e. The van der Waals surface area contributed by atoms with Crippen LogP contribution in [0.15, 0.2) is 47.4 Å². The second-order valence-electron chi connectivity index (χ2n) is 9.48. The lowest BCUT2D eigenvalue weighted by atomic mass is 9.94. The van der Waals surface area contributed by atoms with Crippen LogP contribution in [0.5, 0.6) is 0 Å². The van der Waals surface area contributed by atoms with Gasteiger partial charge in [-0.2, -0.15) is 4.31 Å². The summed E-state index contributed by atoms with van der Waals surface area (Å²) in [4.78, 5) is 20.3. The van der Waals surface area contributed by atoms with Gasteiger partial charge >= 0.3 is 0 Å². The predicted molar refractivity (Wildman–Crippen MR) is 142 cm³/mol. The van der Waals surface area contributed by atoms with E-state index < -0.39 is 16.3 Å². The van der Waals surface area contributed by atoms with Gasteiger partial charge in [-0.3, -0.25) is 4.79 Å². The number of amides is 1. The maximum absolute atomic E-state index is 13.5. The van der Waals surface area contributed by atoms with Crippen LogP contribution in [-0.2, 0) is 32.4 Å². The van der Waals surface area contributed by atoms with E-state index in [1.165, 1.54) is 9.87 Å². The lowest BCUT2D eigenvalue weighted by Crippen LogP contribution is -2.46. The number of carbonyl (C=O) groups excluding carboxylic acids is 1. The van der Waals surface area contributed by atoms with E-state index in [4.69, 9.17) is 4.74 Å². The summed E-state index contributed by atoms with van der Waals surface area (Å²) in [7, 11) is 0.279. The quantitative estimate of drug-likeness (QED) is 0.540. The van der Waals surface area contributed by atoms with E-state index in [9.17, 15) is 13.2 Å². The van der Waals surface area contributed by atoms with Crippen LogP contribution in [0.4, 0.5) is 5.69 Å². The zero-order valence-electron chi connectivity index (χ0n) is 21.8. The first-order valence-electron chi connectivity index (χ1n) is 12.8. The van der Waals surface area contributed by atoms with Gasteiger partial charge in [0.05, 0.1) is 11.3 Å². The highest BCUT2D eigenvalue weighted by atomic mass is 32.2. The lowest BCUT2D eigenvalue weighted by Gasteiger charge is -2.41. The highest BCUT2D eigenvalue weighted by molar-refractivity contribution is 7.89. The molecule has 8 nitrogen and oxygen atoms in total. The van der Waals surface area contributed by atoms with Crippen molar-refractivity contribution in [3.05, 3.63) is 59.2 Å². The summed E-state index contributed by atoms with van der Waals surface area (Å²) in [5, 5.41) is 0. The van der Waals surface area contributed by atoms with Gasteiger partial charge in [-0.15, -0.1) is 0 Å². The third-order valence-corrected chi connectivity index (χ3v) is 9.40. The van der Waals surface area contributed by atoms with Crippen molar-refractivity contribution in [1.29, 1.82) is 0 Å². The molecule has 4 rings (SSSR count). The number of hydrogen-bond acceptors (Lipinski definition) is 6. The zero-order chi connectivity index (χ0) is 25.9. The molecule has 2 aromatic rings. The molecule has 0 aromatic heterocycles. The Hall–Kier alpha value is -2.46. The molecule has 0 unspecified atom stereocenters. The summed E-state index contributed by atoms with van der Waals surface area (Å²) in [6.07, 6.45) is 0.528. The van der Waals surface area contributed by atoms with Gasteiger partial charge in [-0.25, -0.2) is 8.42 Å². The maximum atomic E-state index is 13.5. The average Bonchev–Trinajstić information content (AvgIpc) is 2.89. The molecular formula is C27H38N4O4S. The number of methoxy groups -OCH3 is 1. The average molecular weight is 515 g/mol. The Morgan fingerprint density at radius 1 is 1.00 bits per heavy atom. The van der Waals surface area contributed by atoms with Gasteiger partial charge in [0.1, 0.15) is 0 Å². The first-order chi connectivity index (χ1) is 17.3. The van der Waals surface area contributed by atoms with Crippen molar-refractivity contribution >= 4 is 21.6 Å². The van der Waals surface area contributed by atoms with Crippen molar-refractivity contribution in [2.75, 3.05) is 64.9 Å². The number of hydrogen-bond donors (Lipinski definition) is 0. The molecule has 9 heteroatoms. The molecular weight excluding hydrogens is 476 g/mol. The number of carbonyl (C=O) groups is 1. The SMILES string of the molecule is CCN(CC)S(=O)(=O)c1ccc(CC(=O)N2CCc3cccc(N4CCN(C)CC4)c3[C@@H]2OC)cc1. The van der Waals surface area contributed by atoms with Gasteiger partial charge < -0.3 is 19.4 Å². The number of nitrogens with zero attached hydrogens (tertiary/aromatic N) is 4. The highest BCUT2D eigenvalue weighted by Gasteiger charge is 2.34. The number of ether oxygens (including phenoxy) is 1. The minimum Gasteiger partial charge on any atom is -0.369 e. The van der Waals surface area contributed by atoms with E-state index in [1.807, 2.05) is 18.7 Å². The Labute approximate surface area is 215 Å². The molecule has 36 heavy (non-hydrogen) atoms. The van der Waals surface area contributed by atoms with E-state index in [0.717, 1.165) is 49.4 Å². The minimum atomic E-state index is -3.52. The molecule has 2 aliphatic heterocycles. The minimum absolute atomic E-state index is 0.0277. The number of rotatable bonds is 8. The maximum Gasteiger partial charge on any atom is 0.243 e. The summed E-state index contributed by atoms with van der Waals surface area (Å²) in [5.74, 6) is -0.0277. The molecule has 196 valence electrons. The summed E-state index contributed by atoms with van der Waals surface area (Å²) in [5.41, 5.74) is 4.25. The fourth-order valence-corrected chi connectivity index (χ4v) is 6.67. The molecule has 2 aliphatic rings. The fourth-order valence-electron chi connectivity index (χ4n) is 5.21. The van der Waals surface area contributed by atoms with Gasteiger partial charge in [0, 0.05) is 64.2 Å². The van der Waals surface area contributed by atoms with Crippen molar-refractivity contribution in [2.45, 2.75) is 37.8 Å². The standard InChI is InChI=1S/C27H38N4O4S/c1-5-30(6-2)36(33,34)23-12-10-21(11-13-23)20-25(32)31-15-14-22-8-7-9-24(26(22)27(31)35-4)29-18-16-28(3)17-19-29/h7-13,27H,5-6,14-20H2,1-4H3/t27-/m0/s1. The normalized spacial score (nSPS) is 19.0. The number of sulfonamides is 1. The van der Waals surface area contributed by atoms with E-state index in [2.05, 4.69) is 35.0 Å². The Morgan fingerprint density at radius 2 is 1.67 bits per heavy atom. The molecule has 0 bridgehead atoms. The molecule has 1 atom stereocenters. The predicted octanol–water partition coefficient (Wildman–Crippen LogP) is 2.74. The fraction of sp³-hybridized carbons (Fsp3) is 0.519. The van der Waals surface area contributed by atoms with Crippen LogP contribution in [0.1, 0.15) is 36.8 Å². The molecule has 1 saturated heterocycles. The third-order valence-electron chi connectivity index (χ3n) is 7.33. The Bertz CT molecular complexity index is 1160. The van der Waals surface area contributed by atoms with E-state index in [-0.39, 0.29) is 17.2 Å². The highest BCUT2D eigenvalue weighted by Crippen LogP contribution is 2.38. The first kappa shape index (κ1) is 26.6. The summed E-state index contributed by atoms with van der Waals surface area (Å²) in [6, 6.07) is 13.1. The van der Waals surface area contributed by atoms with Crippen molar-refractivity contribution in [1.82, 2.24) is 14.1 Å². The van der Waals surface area contributed by atoms with Crippen molar-refractivity contribution in [3.63, 3.8) is 0 Å². The number of piperazine rings is 1. The number of fused-ring (bicyclic) bond motifs is 1. The number of anilines is 1. The molecule has 2 aromatic carbocycles. The Balaban J connectivity index is 1.53. The molecule has 0 spiro atoms. The van der Waals surface area contributed by atoms with Crippen LogP contribution >= 0.6 is 0 Å². The van der Waals surface area contributed by atoms with Crippen LogP contribution in [0.3, 0.4) is 0 Å². The number of benzene rings is 2. The first-order valence-corrected chi connectivity index (χ1v) is 14.2. The zero-order valence-corrected chi connectivity index (χ0v) is 22.6. The monoisotopic (exact) mass is 514 g/mol. The Morgan fingerprint density at radius 3 is 2.28 bits per heavy atom. The van der Waals surface area contributed by atoms with Crippen LogP contribution in [0.2, 0.25) is 0 Å². The van der Waals surface area contributed by atoms with Gasteiger partial charge in [-0.05, 0) is 42.8 Å². The summed E-state index contributed by atoms with van der Waals surface area (Å²) < 4.78 is 32.9. The van der Waals surface area contributed by atoms with E-state index >= 15 is 0 Å². The molecule has 0 radical (unpaired) electrons. The van der Waals surface area contributed by atoms with Gasteiger partial charge in [-0.1, -0.05) is 38.1 Å². The van der Waals surface area contributed by atoms with Crippen molar-refractivity contribution < 1.29 is 17.9 Å². The molecule has 1 fully saturated rings.